The van der Waals surface area contributed by atoms with Crippen LogP contribution < -0.4 is 4.42 Å². The minimum Gasteiger partial charge on any atom is -0.480 e. The Bertz CT molecular complexity index is 723. The number of anilines is 1. The van der Waals surface area contributed by atoms with Gasteiger partial charge >= 0.3 is 5.97 Å². The lowest BCUT2D eigenvalue weighted by atomic mass is 10.2. The van der Waals surface area contributed by atoms with Crippen LogP contribution in [0.15, 0.2) is 36.5 Å². The van der Waals surface area contributed by atoms with E-state index >= 15 is 0 Å². The van der Waals surface area contributed by atoms with Crippen molar-refractivity contribution in [2.45, 2.75) is 13.0 Å². The van der Waals surface area contributed by atoms with Crippen molar-refractivity contribution in [1.29, 1.82) is 0 Å². The van der Waals surface area contributed by atoms with Gasteiger partial charge in [-0.1, -0.05) is 17.7 Å². The summed E-state index contributed by atoms with van der Waals surface area (Å²) in [5, 5.41) is 9.75. The summed E-state index contributed by atoms with van der Waals surface area (Å²) in [6.07, 6.45) is 4.18. The summed E-state index contributed by atoms with van der Waals surface area (Å²) < 4.78 is 2.96. The predicted octanol–water partition coefficient (Wildman–Crippen LogP) is 3.32. The summed E-state index contributed by atoms with van der Waals surface area (Å²) in [5.74, 6) is 0.199. The Hall–Kier alpha value is -1.98. The third-order valence-electron chi connectivity index (χ3n) is 3.16. The van der Waals surface area contributed by atoms with E-state index in [1.165, 1.54) is 4.42 Å². The number of aliphatic carboxylic acids is 1. The number of rotatable bonds is 3. The maximum atomic E-state index is 11.1. The molecule has 2 heterocycles. The van der Waals surface area contributed by atoms with Crippen molar-refractivity contribution in [2.75, 3.05) is 4.42 Å². The molecule has 1 N–H and O–H groups in total. The first-order valence-electron chi connectivity index (χ1n) is 6.25. The molecule has 1 aromatic carbocycles. The summed E-state index contributed by atoms with van der Waals surface area (Å²) in [4.78, 5) is 15.7. The Labute approximate surface area is 131 Å². The van der Waals surface area contributed by atoms with Gasteiger partial charge in [-0.3, -0.25) is 9.36 Å². The molecule has 0 saturated heterocycles. The van der Waals surface area contributed by atoms with E-state index in [2.05, 4.69) is 4.98 Å². The van der Waals surface area contributed by atoms with Crippen LogP contribution in [0.4, 0.5) is 5.82 Å². The van der Waals surface area contributed by atoms with E-state index in [-0.39, 0.29) is 6.54 Å². The van der Waals surface area contributed by atoms with E-state index in [1.54, 1.807) is 35.0 Å². The number of carboxylic acid groups (broad SMARTS) is 1. The molecule has 0 aliphatic carbocycles. The maximum Gasteiger partial charge on any atom is 0.323 e. The summed E-state index contributed by atoms with van der Waals surface area (Å²) >= 11 is 12.0. The van der Waals surface area contributed by atoms with Crippen LogP contribution in [-0.4, -0.2) is 20.6 Å². The maximum absolute atomic E-state index is 11.1. The number of imidazole rings is 1. The van der Waals surface area contributed by atoms with Gasteiger partial charge in [0.2, 0.25) is 0 Å². The average molecular weight is 324 g/mol. The lowest BCUT2D eigenvalue weighted by Gasteiger charge is -2.18. The van der Waals surface area contributed by atoms with E-state index in [4.69, 9.17) is 28.5 Å². The van der Waals surface area contributed by atoms with E-state index < -0.39 is 5.97 Å². The Morgan fingerprint density at radius 1 is 1.33 bits per heavy atom. The highest BCUT2D eigenvalue weighted by atomic mass is 35.5. The number of nitrogens with zero attached hydrogens (tertiary/aromatic N) is 3. The predicted molar refractivity (Wildman–Crippen MR) is 81.5 cm³/mol. The zero-order chi connectivity index (χ0) is 15.0. The van der Waals surface area contributed by atoms with Crippen molar-refractivity contribution in [3.63, 3.8) is 0 Å². The topological polar surface area (TPSA) is 58.4 Å². The van der Waals surface area contributed by atoms with Gasteiger partial charge in [-0.25, -0.2) is 9.40 Å². The molecule has 0 radical (unpaired) electrons. The fourth-order valence-electron chi connectivity index (χ4n) is 2.30. The van der Waals surface area contributed by atoms with Crippen molar-refractivity contribution in [3.05, 3.63) is 47.3 Å². The van der Waals surface area contributed by atoms with Crippen molar-refractivity contribution in [2.24, 2.45) is 0 Å². The smallest absolute Gasteiger partial charge is 0.323 e. The van der Waals surface area contributed by atoms with Crippen molar-refractivity contribution in [3.8, 4) is 11.4 Å². The molecule has 3 rings (SSSR count). The van der Waals surface area contributed by atoms with Crippen LogP contribution in [0, 0.1) is 0 Å². The molecule has 21 heavy (non-hydrogen) atoms. The number of fused-ring (bicyclic) bond motifs is 1. The lowest BCUT2D eigenvalue weighted by molar-refractivity contribution is -0.137. The molecule has 2 aromatic rings. The molecule has 0 saturated carbocycles. The number of hydrogen-bond donors (Lipinski definition) is 1. The first kappa shape index (κ1) is 14.0. The van der Waals surface area contributed by atoms with Crippen LogP contribution in [0.25, 0.3) is 11.4 Å². The van der Waals surface area contributed by atoms with Crippen molar-refractivity contribution >= 4 is 35.2 Å². The fourth-order valence-corrected chi connectivity index (χ4v) is 2.70. The summed E-state index contributed by atoms with van der Waals surface area (Å²) in [5.41, 5.74) is 1.54. The van der Waals surface area contributed by atoms with E-state index in [0.29, 0.717) is 23.1 Å². The molecule has 0 bridgehead atoms. The SMILES string of the molecule is O=C(O)Cn1c(-c2ccc(Cl)cc2)nc2c1N(Cl)C=CC2. The normalized spacial score (nSPS) is 13.3. The van der Waals surface area contributed by atoms with Gasteiger partial charge in [-0.15, -0.1) is 0 Å². The van der Waals surface area contributed by atoms with Crippen molar-refractivity contribution in [1.82, 2.24) is 9.55 Å². The van der Waals surface area contributed by atoms with Crippen LogP contribution in [0.5, 0.6) is 0 Å². The Kier molecular flexibility index (Phi) is 3.61. The first-order chi connectivity index (χ1) is 10.1. The zero-order valence-electron chi connectivity index (χ0n) is 10.8. The number of carboxylic acids is 1. The molecule has 5 nitrogen and oxygen atoms in total. The van der Waals surface area contributed by atoms with Crippen molar-refractivity contribution < 1.29 is 9.90 Å². The van der Waals surface area contributed by atoms with Crippen LogP contribution in [0.1, 0.15) is 5.69 Å². The summed E-state index contributed by atoms with van der Waals surface area (Å²) in [6.45, 7) is -0.211. The van der Waals surface area contributed by atoms with Crippen LogP contribution >= 0.6 is 23.4 Å². The number of halogens is 2. The van der Waals surface area contributed by atoms with Gasteiger partial charge in [0, 0.05) is 35.0 Å². The minimum absolute atomic E-state index is 0.211. The van der Waals surface area contributed by atoms with Crippen LogP contribution in [0.2, 0.25) is 5.02 Å². The average Bonchev–Trinajstić information content (AvgIpc) is 2.79. The molecule has 108 valence electrons. The van der Waals surface area contributed by atoms with Gasteiger partial charge < -0.3 is 5.11 Å². The zero-order valence-corrected chi connectivity index (χ0v) is 12.3. The standard InChI is InChI=1S/C14H11Cl2N3O2/c15-10-5-3-9(4-6-10)13-17-11-2-1-7-19(16)14(11)18(13)8-12(20)21/h1,3-7H,2,8H2,(H,20,21). The fraction of sp³-hybridized carbons (Fsp3) is 0.143. The number of aromatic nitrogens is 2. The van der Waals surface area contributed by atoms with E-state index in [0.717, 1.165) is 11.3 Å². The van der Waals surface area contributed by atoms with Gasteiger partial charge in [-0.2, -0.15) is 0 Å². The summed E-state index contributed by atoms with van der Waals surface area (Å²) in [6, 6.07) is 7.10. The monoisotopic (exact) mass is 323 g/mol. The number of allylic oxidation sites excluding steroid dienone is 1. The lowest BCUT2D eigenvalue weighted by Crippen LogP contribution is -2.17. The molecule has 0 spiro atoms. The van der Waals surface area contributed by atoms with Gasteiger partial charge in [0.05, 0.1) is 5.69 Å². The second-order valence-corrected chi connectivity index (χ2v) is 5.39. The molecule has 0 fully saturated rings. The third kappa shape index (κ3) is 2.62. The molecular weight excluding hydrogens is 313 g/mol. The molecule has 0 atom stereocenters. The first-order valence-corrected chi connectivity index (χ1v) is 6.96. The second-order valence-electron chi connectivity index (χ2n) is 4.59. The highest BCUT2D eigenvalue weighted by molar-refractivity contribution is 6.30. The number of benzene rings is 1. The van der Waals surface area contributed by atoms with E-state index in [9.17, 15) is 4.79 Å². The van der Waals surface area contributed by atoms with Gasteiger partial charge in [0.25, 0.3) is 0 Å². The molecule has 1 aromatic heterocycles. The van der Waals surface area contributed by atoms with Gasteiger partial charge in [0.15, 0.2) is 5.82 Å². The molecule has 0 unspecified atom stereocenters. The second kappa shape index (κ2) is 5.42. The largest absolute Gasteiger partial charge is 0.480 e. The number of carbonyl (C=O) groups is 1. The molecule has 0 amide bonds. The van der Waals surface area contributed by atoms with E-state index in [1.807, 2.05) is 6.08 Å². The van der Waals surface area contributed by atoms with Crippen LogP contribution in [-0.2, 0) is 17.8 Å². The van der Waals surface area contributed by atoms with Gasteiger partial charge in [-0.05, 0) is 24.3 Å². The third-order valence-corrected chi connectivity index (χ3v) is 3.68. The summed E-state index contributed by atoms with van der Waals surface area (Å²) in [7, 11) is 0. The highest BCUT2D eigenvalue weighted by Crippen LogP contribution is 2.33. The molecular formula is C14H11Cl2N3O2. The molecule has 7 heteroatoms. The molecule has 1 aliphatic rings. The van der Waals surface area contributed by atoms with Gasteiger partial charge in [0.1, 0.15) is 12.4 Å². The Morgan fingerprint density at radius 3 is 2.71 bits per heavy atom. The minimum atomic E-state index is -0.954. The molecule has 1 aliphatic heterocycles. The number of hydrogen-bond acceptors (Lipinski definition) is 3. The Balaban J connectivity index is 2.16. The quantitative estimate of drug-likeness (QED) is 0.880. The highest BCUT2D eigenvalue weighted by Gasteiger charge is 2.24. The Morgan fingerprint density at radius 2 is 2.05 bits per heavy atom. The van der Waals surface area contributed by atoms with Crippen LogP contribution in [0.3, 0.4) is 0 Å².